The third-order valence-electron chi connectivity index (χ3n) is 14.6. The lowest BCUT2D eigenvalue weighted by Crippen LogP contribution is -2.47. The number of unbranched alkanes of at least 4 members (excludes halogenated alkanes) is 3. The minimum absolute atomic E-state index is 0.0126. The van der Waals surface area contributed by atoms with Crippen molar-refractivity contribution in [1.29, 1.82) is 0 Å². The van der Waals surface area contributed by atoms with Crippen molar-refractivity contribution in [3.05, 3.63) is 135 Å². The number of β-amino-alcohol motifs (C(OH)–C–C–N with tert-alkyl or cyclic N) is 1. The molecule has 4 heterocycles. The molecule has 0 radical (unpaired) electrons. The monoisotopic (exact) mass is 1160 g/mol. The molecule has 448 valence electrons. The van der Waals surface area contributed by atoms with Crippen LogP contribution in [0, 0.1) is 12.3 Å². The van der Waals surface area contributed by atoms with Gasteiger partial charge in [0, 0.05) is 99.9 Å². The van der Waals surface area contributed by atoms with Crippen LogP contribution in [0.2, 0.25) is 5.02 Å². The number of carbonyl (C=O) groups excluding carboxylic acids is 4. The molecule has 4 aromatic carbocycles. The fourth-order valence-corrected chi connectivity index (χ4v) is 10.8. The SMILES string of the molecule is CC.CC(=O)N1CCCc2cc(-c3ccc(C(=O)NCCCCCN4CCN(CC(N)=C5CCC5)CC4)cc3)ccc21.CC(C)(C)CC(=O)N1CCC(O)C1.CC=O.CCCCc1ccc(-c2scnc2C)cc1.Nc1ccc(Cl)cc1. The number of halogens is 1. The summed E-state index contributed by atoms with van der Waals surface area (Å²) in [5.41, 5.74) is 25.9. The number of nitrogen functional groups attached to an aromatic ring is 1. The Morgan fingerprint density at radius 2 is 1.45 bits per heavy atom. The fourth-order valence-electron chi connectivity index (χ4n) is 9.84. The van der Waals surface area contributed by atoms with Crippen LogP contribution in [0.15, 0.2) is 108 Å². The Balaban J connectivity index is 0.000000279. The maximum absolute atomic E-state index is 12.7. The lowest BCUT2D eigenvalue weighted by molar-refractivity contribution is -0.132. The quantitative estimate of drug-likeness (QED) is 0.0448. The highest BCUT2D eigenvalue weighted by Gasteiger charge is 2.27. The number of aryl methyl sites for hydroxylation is 3. The number of anilines is 2. The van der Waals surface area contributed by atoms with Gasteiger partial charge < -0.3 is 41.4 Å². The Kier molecular flexibility index (Phi) is 30.6. The number of amides is 3. The number of likely N-dealkylation sites (tertiary alicyclic amines) is 1. The molecule has 1 atom stereocenters. The van der Waals surface area contributed by atoms with Crippen molar-refractivity contribution < 1.29 is 24.3 Å². The first kappa shape index (κ1) is 68.6. The largest absolute Gasteiger partial charge is 0.401 e. The molecule has 82 heavy (non-hydrogen) atoms. The van der Waals surface area contributed by atoms with Gasteiger partial charge in [-0.05, 0) is 166 Å². The van der Waals surface area contributed by atoms with Crippen LogP contribution in [-0.2, 0) is 27.2 Å². The minimum atomic E-state index is -0.302. The Hall–Kier alpha value is -5.90. The molecule has 1 unspecified atom stereocenters. The molecule has 6 N–H and O–H groups in total. The molecule has 3 fully saturated rings. The second-order valence-corrected chi connectivity index (χ2v) is 23.8. The maximum atomic E-state index is 12.7. The number of nitrogens with zero attached hydrogens (tertiary/aromatic N) is 5. The van der Waals surface area contributed by atoms with E-state index < -0.39 is 0 Å². The molecule has 9 rings (SSSR count). The third-order valence-corrected chi connectivity index (χ3v) is 15.8. The number of hydrogen-bond acceptors (Lipinski definition) is 11. The maximum Gasteiger partial charge on any atom is 0.251 e. The number of aromatic nitrogens is 1. The van der Waals surface area contributed by atoms with Crippen LogP contribution in [0.4, 0.5) is 11.4 Å². The van der Waals surface area contributed by atoms with Crippen LogP contribution in [0.3, 0.4) is 0 Å². The van der Waals surface area contributed by atoms with Crippen molar-refractivity contribution in [3.8, 4) is 21.6 Å². The topological polar surface area (TPSA) is 178 Å². The summed E-state index contributed by atoms with van der Waals surface area (Å²) in [7, 11) is 0. The molecule has 2 saturated heterocycles. The minimum Gasteiger partial charge on any atom is -0.401 e. The number of nitrogens with two attached hydrogens (primary N) is 2. The first-order valence-corrected chi connectivity index (χ1v) is 31.2. The number of aliphatic hydroxyl groups excluding tert-OH is 1. The number of aliphatic hydroxyl groups is 1. The normalized spacial score (nSPS) is 15.6. The highest BCUT2D eigenvalue weighted by Crippen LogP contribution is 2.33. The van der Waals surface area contributed by atoms with E-state index >= 15 is 0 Å². The molecular formula is C67H97ClN8O5S. The number of thiazole rings is 1. The number of allylic oxidation sites excluding steroid dienone is 1. The van der Waals surface area contributed by atoms with Crippen molar-refractivity contribution in [2.45, 2.75) is 152 Å². The number of hydrogen-bond donors (Lipinski definition) is 4. The standard InChI is InChI=1S/C33H45N5O2.C14H17NS.C10H19NO2.C6H6ClN.C2H4O.C2H6/c1-25(39)38-18-6-9-30-23-29(14-15-32(30)38)26-10-12-28(13-11-26)33(40)35-16-3-2-4-17-36-19-21-37(22-20-36)24-31(34)27-7-5-8-27;1-3-4-5-12-6-8-13(9-7-12)14-11(2)15-10-16-14;1-10(2,3)6-9(13)11-5-4-8(12)7-11;7-5-1-3-6(8)4-2-5;1-2-3;1-2/h10-15,23H,2-9,16-22,24,34H2,1H3,(H,35,40);6-10H,3-5H2,1-2H3;8,12H,4-7H2,1-3H3;1-4H,8H2;2H,1H3;1-2H3. The first-order valence-electron chi connectivity index (χ1n) is 29.9. The van der Waals surface area contributed by atoms with Crippen molar-refractivity contribution in [1.82, 2.24) is 25.0 Å². The third kappa shape index (κ3) is 24.1. The van der Waals surface area contributed by atoms with Gasteiger partial charge >= 0.3 is 0 Å². The van der Waals surface area contributed by atoms with Crippen LogP contribution in [0.1, 0.15) is 153 Å². The van der Waals surface area contributed by atoms with E-state index in [2.05, 4.69) is 97.2 Å². The molecular weight excluding hydrogens is 1060 g/mol. The van der Waals surface area contributed by atoms with Crippen molar-refractivity contribution in [2.24, 2.45) is 11.1 Å². The first-order chi connectivity index (χ1) is 39.4. The molecule has 3 aliphatic heterocycles. The zero-order valence-corrected chi connectivity index (χ0v) is 52.5. The van der Waals surface area contributed by atoms with E-state index in [1.54, 1.807) is 47.4 Å². The van der Waals surface area contributed by atoms with Crippen LogP contribution < -0.4 is 21.7 Å². The summed E-state index contributed by atoms with van der Waals surface area (Å²) >= 11 is 7.27. The highest BCUT2D eigenvalue weighted by molar-refractivity contribution is 7.13. The van der Waals surface area contributed by atoms with E-state index in [4.69, 9.17) is 27.9 Å². The number of carbonyl (C=O) groups is 4. The molecule has 1 aliphatic carbocycles. The Bertz CT molecular complexity index is 2690. The molecule has 13 nitrogen and oxygen atoms in total. The smallest absolute Gasteiger partial charge is 0.251 e. The lowest BCUT2D eigenvalue weighted by atomic mass is 9.90. The second-order valence-electron chi connectivity index (χ2n) is 22.5. The van der Waals surface area contributed by atoms with Crippen molar-refractivity contribution >= 4 is 58.3 Å². The molecule has 3 amide bonds. The summed E-state index contributed by atoms with van der Waals surface area (Å²) in [5.74, 6) is 0.252. The Morgan fingerprint density at radius 1 is 0.817 bits per heavy atom. The number of piperazine rings is 1. The zero-order valence-electron chi connectivity index (χ0n) is 50.9. The van der Waals surface area contributed by atoms with Crippen molar-refractivity contribution in [2.75, 3.05) is 76.1 Å². The summed E-state index contributed by atoms with van der Waals surface area (Å²) in [6, 6.07) is 30.1. The summed E-state index contributed by atoms with van der Waals surface area (Å²) in [5, 5.41) is 13.1. The van der Waals surface area contributed by atoms with Crippen LogP contribution in [0.5, 0.6) is 0 Å². The number of benzene rings is 4. The van der Waals surface area contributed by atoms with Gasteiger partial charge in [-0.1, -0.05) is 114 Å². The van der Waals surface area contributed by atoms with Gasteiger partial charge in [-0.25, -0.2) is 4.98 Å². The highest BCUT2D eigenvalue weighted by atomic mass is 35.5. The van der Waals surface area contributed by atoms with Crippen LogP contribution in [-0.4, -0.2) is 120 Å². The predicted molar refractivity (Wildman–Crippen MR) is 343 cm³/mol. The van der Waals surface area contributed by atoms with E-state index in [1.807, 2.05) is 48.5 Å². The molecule has 1 aromatic heterocycles. The molecule has 15 heteroatoms. The van der Waals surface area contributed by atoms with E-state index in [9.17, 15) is 19.5 Å². The lowest BCUT2D eigenvalue weighted by Gasteiger charge is -2.35. The second kappa shape index (κ2) is 36.6. The number of nitrogens with one attached hydrogen (secondary N) is 1. The molecule has 0 spiro atoms. The number of rotatable bonds is 15. The Morgan fingerprint density at radius 3 is 2.00 bits per heavy atom. The summed E-state index contributed by atoms with van der Waals surface area (Å²) in [6.45, 7) is 26.8. The van der Waals surface area contributed by atoms with Gasteiger partial charge in [0.05, 0.1) is 22.2 Å². The van der Waals surface area contributed by atoms with Gasteiger partial charge in [-0.15, -0.1) is 11.3 Å². The van der Waals surface area contributed by atoms with E-state index in [-0.39, 0.29) is 29.2 Å². The van der Waals surface area contributed by atoms with Gasteiger partial charge in [0.15, 0.2) is 0 Å². The van der Waals surface area contributed by atoms with Crippen LogP contribution in [0.25, 0.3) is 21.6 Å². The fraction of sp³-hybridized carbons (Fsp3) is 0.507. The van der Waals surface area contributed by atoms with Crippen LogP contribution >= 0.6 is 22.9 Å². The molecule has 4 aliphatic rings. The zero-order chi connectivity index (χ0) is 60.0. The average molecular weight is 1160 g/mol. The summed E-state index contributed by atoms with van der Waals surface area (Å²) in [4.78, 5) is 59.3. The van der Waals surface area contributed by atoms with E-state index in [0.717, 1.165) is 130 Å². The molecule has 1 saturated carbocycles. The molecule has 5 aromatic rings. The summed E-state index contributed by atoms with van der Waals surface area (Å²) in [6.07, 6.45) is 14.5. The number of aldehydes is 1. The summed E-state index contributed by atoms with van der Waals surface area (Å²) < 4.78 is 0. The Labute approximate surface area is 500 Å². The predicted octanol–water partition coefficient (Wildman–Crippen LogP) is 13.2. The van der Waals surface area contributed by atoms with Gasteiger partial charge in [0.25, 0.3) is 5.91 Å². The van der Waals surface area contributed by atoms with Gasteiger partial charge in [-0.3, -0.25) is 19.3 Å². The van der Waals surface area contributed by atoms with Gasteiger partial charge in [0.2, 0.25) is 11.8 Å². The molecule has 0 bridgehead atoms. The van der Waals surface area contributed by atoms with Gasteiger partial charge in [0.1, 0.15) is 6.29 Å². The van der Waals surface area contributed by atoms with Gasteiger partial charge in [-0.2, -0.15) is 0 Å². The average Bonchev–Trinajstić information content (AvgIpc) is 4.09. The van der Waals surface area contributed by atoms with E-state index in [0.29, 0.717) is 25.1 Å². The number of fused-ring (bicyclic) bond motifs is 1. The van der Waals surface area contributed by atoms with E-state index in [1.165, 1.54) is 79.0 Å². The van der Waals surface area contributed by atoms with Crippen molar-refractivity contribution in [3.63, 3.8) is 0 Å².